The highest BCUT2D eigenvalue weighted by Gasteiger charge is 2.41. The van der Waals surface area contributed by atoms with E-state index in [4.69, 9.17) is 0 Å². The van der Waals surface area contributed by atoms with E-state index in [1.54, 1.807) is 0 Å². The number of benzene rings is 1. The number of anilines is 1. The van der Waals surface area contributed by atoms with Crippen LogP contribution in [0, 0.1) is 5.92 Å². The molecule has 1 aromatic carbocycles. The summed E-state index contributed by atoms with van der Waals surface area (Å²) in [6.45, 7) is 5.22. The molecule has 23 heavy (non-hydrogen) atoms. The molecular weight excluding hydrogens is 286 g/mol. The van der Waals surface area contributed by atoms with E-state index in [0.717, 1.165) is 30.1 Å². The standard InChI is InChI=1S/C19H25N3O/c1-13-11-12-21(20-13)17-7-5-16(6-8-17)19(23)22(18-9-10-18)14(2)15-3-4-15/h5-8,14-15,18H,3-4,9-12H2,1-2H3. The molecule has 1 unspecified atom stereocenters. The van der Waals surface area contributed by atoms with Crippen molar-refractivity contribution in [3.63, 3.8) is 0 Å². The molecule has 0 bridgehead atoms. The highest BCUT2D eigenvalue weighted by Crippen LogP contribution is 2.40. The maximum atomic E-state index is 13.0. The van der Waals surface area contributed by atoms with Crippen molar-refractivity contribution >= 4 is 17.3 Å². The van der Waals surface area contributed by atoms with Gasteiger partial charge in [0.25, 0.3) is 5.91 Å². The van der Waals surface area contributed by atoms with E-state index < -0.39 is 0 Å². The van der Waals surface area contributed by atoms with E-state index in [0.29, 0.717) is 12.1 Å². The van der Waals surface area contributed by atoms with Gasteiger partial charge in [0, 0.05) is 36.3 Å². The maximum absolute atomic E-state index is 13.0. The van der Waals surface area contributed by atoms with Crippen LogP contribution in [0.4, 0.5) is 5.69 Å². The first kappa shape index (κ1) is 14.7. The van der Waals surface area contributed by atoms with E-state index in [1.807, 2.05) is 29.3 Å². The Morgan fingerprint density at radius 1 is 1.22 bits per heavy atom. The average Bonchev–Trinajstić information content (AvgIpc) is 3.46. The minimum atomic E-state index is 0.208. The summed E-state index contributed by atoms with van der Waals surface area (Å²) in [5.74, 6) is 0.931. The first-order valence-corrected chi connectivity index (χ1v) is 8.88. The van der Waals surface area contributed by atoms with Crippen LogP contribution in [0.15, 0.2) is 29.4 Å². The fourth-order valence-electron chi connectivity index (χ4n) is 3.53. The zero-order chi connectivity index (χ0) is 16.0. The predicted octanol–water partition coefficient (Wildman–Crippen LogP) is 3.68. The van der Waals surface area contributed by atoms with Crippen LogP contribution in [0.2, 0.25) is 0 Å². The van der Waals surface area contributed by atoms with Gasteiger partial charge in [0.1, 0.15) is 0 Å². The smallest absolute Gasteiger partial charge is 0.254 e. The Balaban J connectivity index is 1.51. The van der Waals surface area contributed by atoms with Gasteiger partial charge in [-0.1, -0.05) is 0 Å². The third kappa shape index (κ3) is 2.99. The molecule has 4 rings (SSSR count). The second-order valence-corrected chi connectivity index (χ2v) is 7.28. The molecule has 2 fully saturated rings. The van der Waals surface area contributed by atoms with Gasteiger partial charge in [-0.15, -0.1) is 0 Å². The van der Waals surface area contributed by atoms with Crippen molar-refractivity contribution in [3.8, 4) is 0 Å². The van der Waals surface area contributed by atoms with Gasteiger partial charge in [-0.3, -0.25) is 9.80 Å². The van der Waals surface area contributed by atoms with Gasteiger partial charge in [0.15, 0.2) is 0 Å². The monoisotopic (exact) mass is 311 g/mol. The first-order chi connectivity index (χ1) is 11.1. The first-order valence-electron chi connectivity index (χ1n) is 8.88. The summed E-state index contributed by atoms with van der Waals surface area (Å²) in [7, 11) is 0. The molecule has 122 valence electrons. The van der Waals surface area contributed by atoms with Gasteiger partial charge in [0.05, 0.1) is 5.69 Å². The van der Waals surface area contributed by atoms with E-state index >= 15 is 0 Å². The molecule has 2 saturated carbocycles. The second kappa shape index (κ2) is 5.66. The normalized spacial score (nSPS) is 22.0. The molecule has 1 heterocycles. The van der Waals surface area contributed by atoms with E-state index in [2.05, 4.69) is 23.8 Å². The van der Waals surface area contributed by atoms with Crippen molar-refractivity contribution in [2.45, 2.75) is 58.0 Å². The fourth-order valence-corrected chi connectivity index (χ4v) is 3.53. The minimum absolute atomic E-state index is 0.208. The van der Waals surface area contributed by atoms with Crippen molar-refractivity contribution in [1.82, 2.24) is 4.90 Å². The van der Waals surface area contributed by atoms with Gasteiger partial charge in [-0.05, 0) is 69.7 Å². The van der Waals surface area contributed by atoms with Gasteiger partial charge >= 0.3 is 0 Å². The maximum Gasteiger partial charge on any atom is 0.254 e. The molecule has 0 radical (unpaired) electrons. The molecular formula is C19H25N3O. The quantitative estimate of drug-likeness (QED) is 0.831. The Kier molecular flexibility index (Phi) is 3.63. The topological polar surface area (TPSA) is 35.9 Å². The van der Waals surface area contributed by atoms with Crippen molar-refractivity contribution < 1.29 is 4.79 Å². The second-order valence-electron chi connectivity index (χ2n) is 7.28. The Morgan fingerprint density at radius 3 is 2.43 bits per heavy atom. The summed E-state index contributed by atoms with van der Waals surface area (Å²) in [6, 6.07) is 8.86. The van der Waals surface area contributed by atoms with Crippen LogP contribution in [-0.4, -0.2) is 35.1 Å². The number of hydrogen-bond donors (Lipinski definition) is 0. The molecule has 1 atom stereocenters. The average molecular weight is 311 g/mol. The van der Waals surface area contributed by atoms with Crippen LogP contribution in [0.25, 0.3) is 0 Å². The molecule has 4 nitrogen and oxygen atoms in total. The van der Waals surface area contributed by atoms with E-state index in [-0.39, 0.29) is 5.91 Å². The lowest BCUT2D eigenvalue weighted by Gasteiger charge is -2.29. The minimum Gasteiger partial charge on any atom is -0.333 e. The van der Waals surface area contributed by atoms with Crippen molar-refractivity contribution in [2.75, 3.05) is 11.6 Å². The molecule has 1 aromatic rings. The number of amides is 1. The summed E-state index contributed by atoms with van der Waals surface area (Å²) < 4.78 is 0. The third-order valence-electron chi connectivity index (χ3n) is 5.31. The molecule has 0 aromatic heterocycles. The Hall–Kier alpha value is -1.84. The van der Waals surface area contributed by atoms with Crippen LogP contribution in [0.1, 0.15) is 56.3 Å². The highest BCUT2D eigenvalue weighted by atomic mass is 16.2. The Labute approximate surface area is 138 Å². The van der Waals surface area contributed by atoms with Crippen LogP contribution in [0.5, 0.6) is 0 Å². The number of carbonyl (C=O) groups is 1. The highest BCUT2D eigenvalue weighted by molar-refractivity contribution is 5.95. The van der Waals surface area contributed by atoms with E-state index in [1.165, 1.54) is 31.4 Å². The lowest BCUT2D eigenvalue weighted by molar-refractivity contribution is 0.0654. The summed E-state index contributed by atoms with van der Waals surface area (Å²) in [5.41, 5.74) is 3.06. The number of carbonyl (C=O) groups excluding carboxylic acids is 1. The molecule has 4 heteroatoms. The summed E-state index contributed by atoms with van der Waals surface area (Å²) in [5, 5.41) is 6.54. The molecule has 0 saturated heterocycles. The lowest BCUT2D eigenvalue weighted by Crippen LogP contribution is -2.41. The van der Waals surface area contributed by atoms with Crippen LogP contribution in [0.3, 0.4) is 0 Å². The van der Waals surface area contributed by atoms with Gasteiger partial charge in [-0.2, -0.15) is 5.10 Å². The van der Waals surface area contributed by atoms with E-state index in [9.17, 15) is 4.79 Å². The van der Waals surface area contributed by atoms with Gasteiger partial charge < -0.3 is 4.90 Å². The lowest BCUT2D eigenvalue weighted by atomic mass is 10.1. The zero-order valence-corrected chi connectivity index (χ0v) is 14.0. The largest absolute Gasteiger partial charge is 0.333 e. The van der Waals surface area contributed by atoms with Gasteiger partial charge in [-0.25, -0.2) is 0 Å². The van der Waals surface area contributed by atoms with Crippen molar-refractivity contribution in [2.24, 2.45) is 11.0 Å². The molecule has 2 aliphatic carbocycles. The van der Waals surface area contributed by atoms with Crippen molar-refractivity contribution in [1.29, 1.82) is 0 Å². The predicted molar refractivity (Wildman–Crippen MR) is 92.9 cm³/mol. The van der Waals surface area contributed by atoms with Gasteiger partial charge in [0.2, 0.25) is 0 Å². The number of rotatable bonds is 5. The number of hydrogen-bond acceptors (Lipinski definition) is 3. The molecule has 3 aliphatic rings. The van der Waals surface area contributed by atoms with Crippen LogP contribution < -0.4 is 5.01 Å². The SMILES string of the molecule is CC1=NN(c2ccc(C(=O)N(C3CC3)C(C)C3CC3)cc2)CC1. The number of nitrogens with zero attached hydrogens (tertiary/aromatic N) is 3. The Bertz CT molecular complexity index is 629. The molecule has 0 spiro atoms. The number of hydrazone groups is 1. The van der Waals surface area contributed by atoms with Crippen molar-refractivity contribution in [3.05, 3.63) is 29.8 Å². The van der Waals surface area contributed by atoms with Crippen LogP contribution >= 0.6 is 0 Å². The zero-order valence-electron chi connectivity index (χ0n) is 14.0. The summed E-state index contributed by atoms with van der Waals surface area (Å²) in [6.07, 6.45) is 5.92. The summed E-state index contributed by atoms with van der Waals surface area (Å²) in [4.78, 5) is 15.1. The molecule has 0 N–H and O–H groups in total. The van der Waals surface area contributed by atoms with Crippen LogP contribution in [-0.2, 0) is 0 Å². The summed E-state index contributed by atoms with van der Waals surface area (Å²) >= 11 is 0. The third-order valence-corrected chi connectivity index (χ3v) is 5.31. The fraction of sp³-hybridized carbons (Fsp3) is 0.579. The molecule has 1 amide bonds. The molecule has 1 aliphatic heterocycles. The Morgan fingerprint density at radius 2 is 1.91 bits per heavy atom.